The van der Waals surface area contributed by atoms with Crippen molar-refractivity contribution in [2.24, 2.45) is 5.73 Å². The summed E-state index contributed by atoms with van der Waals surface area (Å²) in [7, 11) is 1.61. The van der Waals surface area contributed by atoms with E-state index in [0.29, 0.717) is 12.2 Å². The van der Waals surface area contributed by atoms with Crippen LogP contribution < -0.4 is 15.8 Å². The molecular formula is C16H26N2O3. The van der Waals surface area contributed by atoms with Crippen LogP contribution in [0.15, 0.2) is 18.2 Å². The number of methoxy groups -OCH3 is 1. The second-order valence-corrected chi connectivity index (χ2v) is 6.63. The molecule has 1 aromatic carbocycles. The second-order valence-electron chi connectivity index (χ2n) is 6.63. The number of carbonyl (C=O) groups is 1. The fraction of sp³-hybridized carbons (Fsp3) is 0.562. The number of hydrogen-bond acceptors (Lipinski definition) is 4. The van der Waals surface area contributed by atoms with E-state index in [2.05, 4.69) is 5.32 Å². The molecule has 0 aliphatic heterocycles. The summed E-state index contributed by atoms with van der Waals surface area (Å²) in [5.74, 6) is 0.723. The number of nitrogens with two attached hydrogens (primary N) is 1. The van der Waals surface area contributed by atoms with Gasteiger partial charge < -0.3 is 15.2 Å². The van der Waals surface area contributed by atoms with Crippen molar-refractivity contribution in [3.05, 3.63) is 23.8 Å². The fourth-order valence-corrected chi connectivity index (χ4v) is 1.84. The normalized spacial score (nSPS) is 12.0. The van der Waals surface area contributed by atoms with Gasteiger partial charge in [-0.25, -0.2) is 4.79 Å². The molecule has 0 fully saturated rings. The molecule has 0 atom stereocenters. The van der Waals surface area contributed by atoms with Crippen LogP contribution in [0, 0.1) is 0 Å². The van der Waals surface area contributed by atoms with Gasteiger partial charge in [0.2, 0.25) is 0 Å². The van der Waals surface area contributed by atoms with Crippen molar-refractivity contribution in [2.45, 2.75) is 45.6 Å². The molecule has 118 valence electrons. The minimum absolute atomic E-state index is 0.293. The van der Waals surface area contributed by atoms with Crippen LogP contribution in [-0.2, 0) is 10.2 Å². The number of anilines is 1. The predicted octanol–water partition coefficient (Wildman–Crippen LogP) is 3.28. The monoisotopic (exact) mass is 294 g/mol. The van der Waals surface area contributed by atoms with Gasteiger partial charge in [-0.1, -0.05) is 13.8 Å². The number of amides is 1. The Morgan fingerprint density at radius 1 is 1.24 bits per heavy atom. The highest BCUT2D eigenvalue weighted by molar-refractivity contribution is 5.86. The minimum atomic E-state index is -0.542. The molecule has 0 unspecified atom stereocenters. The van der Waals surface area contributed by atoms with E-state index in [-0.39, 0.29) is 5.41 Å². The van der Waals surface area contributed by atoms with E-state index in [1.54, 1.807) is 19.2 Å². The standard InChI is InChI=1S/C16H26N2O3/c1-15(2,3)21-14(19)18-13-8-7-11(20-6)9-12(13)16(4,5)10-17/h7-9H,10,17H2,1-6H3,(H,18,19). The molecule has 0 aliphatic carbocycles. The molecule has 0 aliphatic rings. The lowest BCUT2D eigenvalue weighted by Crippen LogP contribution is -2.31. The van der Waals surface area contributed by atoms with Gasteiger partial charge in [0.1, 0.15) is 11.4 Å². The van der Waals surface area contributed by atoms with Crippen molar-refractivity contribution in [1.82, 2.24) is 0 Å². The SMILES string of the molecule is COc1ccc(NC(=O)OC(C)(C)C)c(C(C)(C)CN)c1. The third-order valence-electron chi connectivity index (χ3n) is 3.10. The van der Waals surface area contributed by atoms with Crippen molar-refractivity contribution < 1.29 is 14.3 Å². The van der Waals surface area contributed by atoms with Crippen LogP contribution in [-0.4, -0.2) is 25.3 Å². The number of carbonyl (C=O) groups excluding carboxylic acids is 1. The molecule has 0 radical (unpaired) electrons. The van der Waals surface area contributed by atoms with Crippen LogP contribution in [0.1, 0.15) is 40.2 Å². The molecule has 0 bridgehead atoms. The van der Waals surface area contributed by atoms with E-state index >= 15 is 0 Å². The quantitative estimate of drug-likeness (QED) is 0.893. The van der Waals surface area contributed by atoms with Crippen LogP contribution >= 0.6 is 0 Å². The summed E-state index contributed by atoms with van der Waals surface area (Å²) in [6.07, 6.45) is -0.485. The molecule has 21 heavy (non-hydrogen) atoms. The molecule has 0 heterocycles. The van der Waals surface area contributed by atoms with E-state index in [1.165, 1.54) is 0 Å². The Balaban J connectivity index is 3.09. The van der Waals surface area contributed by atoms with Crippen LogP contribution in [0.3, 0.4) is 0 Å². The van der Waals surface area contributed by atoms with Gasteiger partial charge in [0, 0.05) is 17.6 Å². The first kappa shape index (κ1) is 17.3. The number of hydrogen-bond donors (Lipinski definition) is 2. The Morgan fingerprint density at radius 2 is 1.86 bits per heavy atom. The number of ether oxygens (including phenoxy) is 2. The summed E-state index contributed by atoms with van der Waals surface area (Å²) in [6.45, 7) is 9.95. The molecule has 0 aromatic heterocycles. The van der Waals surface area contributed by atoms with Crippen LogP contribution in [0.2, 0.25) is 0 Å². The van der Waals surface area contributed by atoms with Gasteiger partial charge in [-0.15, -0.1) is 0 Å². The Morgan fingerprint density at radius 3 is 2.33 bits per heavy atom. The fourth-order valence-electron chi connectivity index (χ4n) is 1.84. The van der Waals surface area contributed by atoms with Gasteiger partial charge in [-0.2, -0.15) is 0 Å². The lowest BCUT2D eigenvalue weighted by molar-refractivity contribution is 0.0635. The number of benzene rings is 1. The van der Waals surface area contributed by atoms with E-state index in [9.17, 15) is 4.79 Å². The van der Waals surface area contributed by atoms with Gasteiger partial charge in [0.15, 0.2) is 0 Å². The first-order chi connectivity index (χ1) is 9.59. The van der Waals surface area contributed by atoms with E-state index in [4.69, 9.17) is 15.2 Å². The van der Waals surface area contributed by atoms with Crippen molar-refractivity contribution >= 4 is 11.8 Å². The average Bonchev–Trinajstić information content (AvgIpc) is 2.36. The van der Waals surface area contributed by atoms with Gasteiger partial charge >= 0.3 is 6.09 Å². The highest BCUT2D eigenvalue weighted by atomic mass is 16.6. The topological polar surface area (TPSA) is 73.6 Å². The molecule has 1 amide bonds. The molecule has 0 saturated carbocycles. The first-order valence-corrected chi connectivity index (χ1v) is 6.97. The first-order valence-electron chi connectivity index (χ1n) is 6.97. The molecule has 5 heteroatoms. The lowest BCUT2D eigenvalue weighted by Gasteiger charge is -2.27. The van der Waals surface area contributed by atoms with Gasteiger partial charge in [0.25, 0.3) is 0 Å². The van der Waals surface area contributed by atoms with E-state index < -0.39 is 11.7 Å². The zero-order chi connectivity index (χ0) is 16.3. The second kappa shape index (κ2) is 6.35. The summed E-state index contributed by atoms with van der Waals surface area (Å²) in [5, 5.41) is 2.79. The Labute approximate surface area is 126 Å². The molecule has 5 nitrogen and oxygen atoms in total. The highest BCUT2D eigenvalue weighted by Gasteiger charge is 2.25. The summed E-state index contributed by atoms with van der Waals surface area (Å²) in [4.78, 5) is 12.0. The van der Waals surface area contributed by atoms with Crippen LogP contribution in [0.5, 0.6) is 5.75 Å². The van der Waals surface area contributed by atoms with Crippen LogP contribution in [0.4, 0.5) is 10.5 Å². The zero-order valence-electron chi connectivity index (χ0n) is 13.7. The maximum Gasteiger partial charge on any atom is 0.412 e. The smallest absolute Gasteiger partial charge is 0.412 e. The summed E-state index contributed by atoms with van der Waals surface area (Å²) in [6, 6.07) is 5.48. The van der Waals surface area contributed by atoms with Crippen molar-refractivity contribution in [1.29, 1.82) is 0 Å². The molecule has 1 rings (SSSR count). The number of rotatable bonds is 4. The minimum Gasteiger partial charge on any atom is -0.497 e. The summed E-state index contributed by atoms with van der Waals surface area (Å²) >= 11 is 0. The third-order valence-corrected chi connectivity index (χ3v) is 3.10. The third kappa shape index (κ3) is 4.93. The van der Waals surface area contributed by atoms with Crippen molar-refractivity contribution in [3.63, 3.8) is 0 Å². The Kier molecular flexibility index (Phi) is 5.23. The van der Waals surface area contributed by atoms with Crippen molar-refractivity contribution in [2.75, 3.05) is 19.0 Å². The lowest BCUT2D eigenvalue weighted by atomic mass is 9.83. The Hall–Kier alpha value is -1.75. The molecule has 0 saturated heterocycles. The largest absolute Gasteiger partial charge is 0.497 e. The summed E-state index contributed by atoms with van der Waals surface area (Å²) in [5.41, 5.74) is 6.61. The molecule has 1 aromatic rings. The zero-order valence-corrected chi connectivity index (χ0v) is 13.7. The maximum atomic E-state index is 12.0. The van der Waals surface area contributed by atoms with Gasteiger partial charge in [-0.3, -0.25) is 5.32 Å². The molecule has 3 N–H and O–H groups in total. The van der Waals surface area contributed by atoms with Gasteiger partial charge in [0.05, 0.1) is 7.11 Å². The van der Waals surface area contributed by atoms with Gasteiger partial charge in [-0.05, 0) is 44.5 Å². The number of nitrogens with one attached hydrogen (secondary N) is 1. The van der Waals surface area contributed by atoms with Crippen molar-refractivity contribution in [3.8, 4) is 5.75 Å². The molecular weight excluding hydrogens is 268 g/mol. The van der Waals surface area contributed by atoms with E-state index in [1.807, 2.05) is 40.7 Å². The maximum absolute atomic E-state index is 12.0. The highest BCUT2D eigenvalue weighted by Crippen LogP contribution is 2.32. The summed E-state index contributed by atoms with van der Waals surface area (Å²) < 4.78 is 10.5. The average molecular weight is 294 g/mol. The predicted molar refractivity (Wildman–Crippen MR) is 84.9 cm³/mol. The van der Waals surface area contributed by atoms with Crippen LogP contribution in [0.25, 0.3) is 0 Å². The Bertz CT molecular complexity index is 505. The molecule has 0 spiro atoms. The van der Waals surface area contributed by atoms with E-state index in [0.717, 1.165) is 11.3 Å².